The Kier molecular flexibility index (Phi) is 3.48. The van der Waals surface area contributed by atoms with E-state index in [0.29, 0.717) is 28.0 Å². The molecule has 2 rings (SSSR count). The van der Waals surface area contributed by atoms with E-state index < -0.39 is 0 Å². The van der Waals surface area contributed by atoms with Crippen LogP contribution >= 0.6 is 11.6 Å². The molecule has 1 nitrogen and oxygen atoms in total. The van der Waals surface area contributed by atoms with Gasteiger partial charge in [0.2, 0.25) is 0 Å². The molecule has 0 saturated carbocycles. The maximum absolute atomic E-state index is 13.8. The number of benzene rings is 2. The van der Waals surface area contributed by atoms with Crippen LogP contribution in [0.1, 0.15) is 21.5 Å². The van der Waals surface area contributed by atoms with E-state index in [1.807, 2.05) is 19.9 Å². The fraction of sp³-hybridized carbons (Fsp3) is 0.133. The zero-order valence-corrected chi connectivity index (χ0v) is 10.9. The van der Waals surface area contributed by atoms with Crippen LogP contribution in [0.3, 0.4) is 0 Å². The van der Waals surface area contributed by atoms with Gasteiger partial charge in [0.05, 0.1) is 0 Å². The van der Waals surface area contributed by atoms with Crippen molar-refractivity contribution in [3.05, 3.63) is 57.9 Å². The molecule has 18 heavy (non-hydrogen) atoms. The van der Waals surface area contributed by atoms with Gasteiger partial charge in [-0.2, -0.15) is 0 Å². The van der Waals surface area contributed by atoms with Crippen molar-refractivity contribution in [2.45, 2.75) is 13.8 Å². The molecule has 0 saturated heterocycles. The molecule has 2 aromatic carbocycles. The summed E-state index contributed by atoms with van der Waals surface area (Å²) in [5, 5.41) is 0.486. The molecule has 0 heterocycles. The third kappa shape index (κ3) is 2.29. The van der Waals surface area contributed by atoms with Crippen molar-refractivity contribution in [2.24, 2.45) is 0 Å². The lowest BCUT2D eigenvalue weighted by atomic mass is 9.98. The zero-order valence-electron chi connectivity index (χ0n) is 10.1. The Morgan fingerprint density at radius 1 is 1.06 bits per heavy atom. The molecule has 0 aliphatic heterocycles. The molecule has 0 aromatic heterocycles. The average molecular weight is 263 g/mol. The van der Waals surface area contributed by atoms with Crippen molar-refractivity contribution in [3.8, 4) is 11.1 Å². The van der Waals surface area contributed by atoms with Crippen LogP contribution in [0.5, 0.6) is 0 Å². The Labute approximate surface area is 110 Å². The Morgan fingerprint density at radius 3 is 2.39 bits per heavy atom. The number of rotatable bonds is 2. The summed E-state index contributed by atoms with van der Waals surface area (Å²) < 4.78 is 13.8. The molecule has 3 heteroatoms. The minimum absolute atomic E-state index is 0.354. The van der Waals surface area contributed by atoms with Crippen LogP contribution in [0.15, 0.2) is 30.3 Å². The molecule has 0 fully saturated rings. The minimum atomic E-state index is -0.384. The summed E-state index contributed by atoms with van der Waals surface area (Å²) in [6, 6.07) is 7.88. The van der Waals surface area contributed by atoms with Crippen LogP contribution in [0.4, 0.5) is 4.39 Å². The van der Waals surface area contributed by atoms with E-state index in [4.69, 9.17) is 11.6 Å². The number of aryl methyl sites for hydroxylation is 2. The van der Waals surface area contributed by atoms with E-state index in [2.05, 4.69) is 0 Å². The smallest absolute Gasteiger partial charge is 0.150 e. The van der Waals surface area contributed by atoms with Crippen molar-refractivity contribution < 1.29 is 9.18 Å². The van der Waals surface area contributed by atoms with Crippen LogP contribution in [0.25, 0.3) is 11.1 Å². The maximum atomic E-state index is 13.8. The standard InChI is InChI=1S/C15H12ClFO/c1-9-5-12(14(16)6-10(9)2)13-7-11(8-18)3-4-15(13)17/h3-8H,1-2H3. The fourth-order valence-corrected chi connectivity index (χ4v) is 2.13. The summed E-state index contributed by atoms with van der Waals surface area (Å²) in [6.07, 6.45) is 0.692. The molecule has 0 bridgehead atoms. The number of carbonyl (C=O) groups excluding carboxylic acids is 1. The first-order valence-electron chi connectivity index (χ1n) is 5.55. The SMILES string of the molecule is Cc1cc(Cl)c(-c2cc(C=O)ccc2F)cc1C. The van der Waals surface area contributed by atoms with E-state index in [9.17, 15) is 9.18 Å². The highest BCUT2D eigenvalue weighted by Gasteiger charge is 2.11. The van der Waals surface area contributed by atoms with Crippen LogP contribution in [-0.4, -0.2) is 6.29 Å². The van der Waals surface area contributed by atoms with E-state index in [1.54, 1.807) is 6.07 Å². The topological polar surface area (TPSA) is 17.1 Å². The Bertz CT molecular complexity index is 620. The van der Waals surface area contributed by atoms with Gasteiger partial charge in [0.1, 0.15) is 12.1 Å². The highest BCUT2D eigenvalue weighted by molar-refractivity contribution is 6.33. The van der Waals surface area contributed by atoms with Crippen LogP contribution in [0.2, 0.25) is 5.02 Å². The lowest BCUT2D eigenvalue weighted by Gasteiger charge is -2.10. The predicted octanol–water partition coefficient (Wildman–Crippen LogP) is 4.58. The molecule has 0 unspecified atom stereocenters. The predicted molar refractivity (Wildman–Crippen MR) is 71.7 cm³/mol. The first kappa shape index (κ1) is 12.8. The van der Waals surface area contributed by atoms with Gasteiger partial charge in [-0.1, -0.05) is 11.6 Å². The van der Waals surface area contributed by atoms with Crippen molar-refractivity contribution in [1.29, 1.82) is 0 Å². The number of hydrogen-bond acceptors (Lipinski definition) is 1. The van der Waals surface area contributed by atoms with Crippen molar-refractivity contribution in [1.82, 2.24) is 0 Å². The summed E-state index contributed by atoms with van der Waals surface area (Å²) in [5.74, 6) is -0.384. The molecular weight excluding hydrogens is 251 g/mol. The third-order valence-corrected chi connectivity index (χ3v) is 3.31. The second-order valence-corrected chi connectivity index (χ2v) is 4.68. The van der Waals surface area contributed by atoms with E-state index in [0.717, 1.165) is 11.1 Å². The zero-order chi connectivity index (χ0) is 13.3. The number of hydrogen-bond donors (Lipinski definition) is 0. The fourth-order valence-electron chi connectivity index (χ4n) is 1.81. The number of carbonyl (C=O) groups is 1. The van der Waals surface area contributed by atoms with E-state index >= 15 is 0 Å². The van der Waals surface area contributed by atoms with Gasteiger partial charge in [0.15, 0.2) is 0 Å². The van der Waals surface area contributed by atoms with Crippen LogP contribution < -0.4 is 0 Å². The second kappa shape index (κ2) is 4.91. The highest BCUT2D eigenvalue weighted by atomic mass is 35.5. The quantitative estimate of drug-likeness (QED) is 0.724. The van der Waals surface area contributed by atoms with Gasteiger partial charge in [-0.05, 0) is 55.3 Å². The van der Waals surface area contributed by atoms with Crippen molar-refractivity contribution in [3.63, 3.8) is 0 Å². The van der Waals surface area contributed by atoms with Gasteiger partial charge >= 0.3 is 0 Å². The largest absolute Gasteiger partial charge is 0.298 e. The van der Waals surface area contributed by atoms with Gasteiger partial charge in [-0.3, -0.25) is 4.79 Å². The van der Waals surface area contributed by atoms with Gasteiger partial charge < -0.3 is 0 Å². The van der Waals surface area contributed by atoms with E-state index in [1.165, 1.54) is 18.2 Å². The normalized spacial score (nSPS) is 10.4. The van der Waals surface area contributed by atoms with Gasteiger partial charge in [-0.15, -0.1) is 0 Å². The first-order chi connectivity index (χ1) is 8.52. The second-order valence-electron chi connectivity index (χ2n) is 4.27. The molecule has 2 aromatic rings. The lowest BCUT2D eigenvalue weighted by molar-refractivity contribution is 0.112. The summed E-state index contributed by atoms with van der Waals surface area (Å²) in [5.41, 5.74) is 3.48. The monoisotopic (exact) mass is 262 g/mol. The summed E-state index contributed by atoms with van der Waals surface area (Å²) in [6.45, 7) is 3.89. The van der Waals surface area contributed by atoms with Crippen LogP contribution in [0, 0.1) is 19.7 Å². The van der Waals surface area contributed by atoms with Crippen molar-refractivity contribution >= 4 is 17.9 Å². The van der Waals surface area contributed by atoms with Gasteiger partial charge in [0.25, 0.3) is 0 Å². The number of halogens is 2. The Morgan fingerprint density at radius 2 is 1.72 bits per heavy atom. The molecule has 0 aliphatic carbocycles. The highest BCUT2D eigenvalue weighted by Crippen LogP contribution is 2.32. The molecule has 0 spiro atoms. The lowest BCUT2D eigenvalue weighted by Crippen LogP contribution is -1.91. The average Bonchev–Trinajstić information content (AvgIpc) is 2.35. The molecule has 0 aliphatic rings. The molecule has 92 valence electrons. The molecular formula is C15H12ClFO. The molecule has 0 amide bonds. The summed E-state index contributed by atoms with van der Waals surface area (Å²) in [7, 11) is 0. The summed E-state index contributed by atoms with van der Waals surface area (Å²) >= 11 is 6.15. The Balaban J connectivity index is 2.68. The van der Waals surface area contributed by atoms with Gasteiger partial charge in [0, 0.05) is 21.7 Å². The molecule has 0 radical (unpaired) electrons. The first-order valence-corrected chi connectivity index (χ1v) is 5.92. The van der Waals surface area contributed by atoms with Gasteiger partial charge in [-0.25, -0.2) is 4.39 Å². The summed E-state index contributed by atoms with van der Waals surface area (Å²) in [4.78, 5) is 10.8. The third-order valence-electron chi connectivity index (χ3n) is 3.00. The maximum Gasteiger partial charge on any atom is 0.150 e. The molecule has 0 N–H and O–H groups in total. The minimum Gasteiger partial charge on any atom is -0.298 e. The van der Waals surface area contributed by atoms with Crippen LogP contribution in [-0.2, 0) is 0 Å². The van der Waals surface area contributed by atoms with E-state index in [-0.39, 0.29) is 5.82 Å². The molecule has 0 atom stereocenters. The Hall–Kier alpha value is -1.67. The van der Waals surface area contributed by atoms with Crippen molar-refractivity contribution in [2.75, 3.05) is 0 Å². The number of aldehydes is 1.